The van der Waals surface area contributed by atoms with Crippen LogP contribution < -0.4 is 10.6 Å². The van der Waals surface area contributed by atoms with E-state index in [0.717, 1.165) is 24.4 Å². The van der Waals surface area contributed by atoms with E-state index in [1.54, 1.807) is 6.92 Å². The summed E-state index contributed by atoms with van der Waals surface area (Å²) >= 11 is 0. The Morgan fingerprint density at radius 3 is 2.53 bits per heavy atom. The van der Waals surface area contributed by atoms with E-state index in [2.05, 4.69) is 10.3 Å². The van der Waals surface area contributed by atoms with E-state index in [-0.39, 0.29) is 47.7 Å². The molecule has 0 radical (unpaired) electrons. The van der Waals surface area contributed by atoms with E-state index < -0.39 is 41.7 Å². The molecule has 0 bridgehead atoms. The number of aliphatic hydroxyl groups excluding tert-OH is 1. The predicted molar refractivity (Wildman–Crippen MR) is 106 cm³/mol. The number of benzene rings is 1. The highest BCUT2D eigenvalue weighted by molar-refractivity contribution is 5.96. The maximum atomic E-state index is 14.3. The van der Waals surface area contributed by atoms with Gasteiger partial charge in [0.15, 0.2) is 0 Å². The molecule has 1 saturated carbocycles. The number of rotatable bonds is 7. The maximum Gasteiger partial charge on any atom is 0.411 e. The summed E-state index contributed by atoms with van der Waals surface area (Å²) in [5.74, 6) is -3.22. The van der Waals surface area contributed by atoms with Crippen LogP contribution in [0.15, 0.2) is 30.5 Å². The van der Waals surface area contributed by atoms with E-state index in [0.29, 0.717) is 0 Å². The fourth-order valence-electron chi connectivity index (χ4n) is 3.15. The number of nitrogens with zero attached hydrogens (tertiary/aromatic N) is 1. The minimum absolute atomic E-state index is 0.0853. The van der Waals surface area contributed by atoms with Crippen LogP contribution in [-0.4, -0.2) is 45.3 Å². The molecule has 0 unspecified atom stereocenters. The molecule has 1 atom stereocenters. The number of phenolic OH excluding ortho intramolecular Hbond substituents is 1. The van der Waals surface area contributed by atoms with E-state index in [1.807, 2.05) is 5.32 Å². The van der Waals surface area contributed by atoms with Gasteiger partial charge in [-0.25, -0.2) is 4.39 Å². The van der Waals surface area contributed by atoms with E-state index >= 15 is 0 Å². The largest absolute Gasteiger partial charge is 0.508 e. The summed E-state index contributed by atoms with van der Waals surface area (Å²) in [6.07, 6.45) is -4.31. The molecular formula is C21H21F4N3O4. The zero-order chi connectivity index (χ0) is 23.7. The number of hydrogen-bond acceptors (Lipinski definition) is 5. The van der Waals surface area contributed by atoms with Crippen molar-refractivity contribution in [3.63, 3.8) is 0 Å². The Morgan fingerprint density at radius 1 is 1.25 bits per heavy atom. The highest BCUT2D eigenvalue weighted by Gasteiger charge is 2.64. The first-order valence-corrected chi connectivity index (χ1v) is 9.73. The number of alkyl halides is 3. The molecule has 1 fully saturated rings. The molecule has 1 heterocycles. The van der Waals surface area contributed by atoms with Gasteiger partial charge in [0.25, 0.3) is 5.91 Å². The number of phenols is 1. The quantitative estimate of drug-likeness (QED) is 0.480. The van der Waals surface area contributed by atoms with Crippen LogP contribution in [-0.2, 0) is 11.2 Å². The monoisotopic (exact) mass is 455 g/mol. The summed E-state index contributed by atoms with van der Waals surface area (Å²) < 4.78 is 53.4. The number of aromatic nitrogens is 1. The van der Waals surface area contributed by atoms with Gasteiger partial charge in [-0.1, -0.05) is 6.92 Å². The van der Waals surface area contributed by atoms with E-state index in [9.17, 15) is 32.3 Å². The number of pyridine rings is 1. The third-order valence-corrected chi connectivity index (χ3v) is 5.27. The van der Waals surface area contributed by atoms with Crippen LogP contribution in [0.2, 0.25) is 0 Å². The van der Waals surface area contributed by atoms with Gasteiger partial charge in [0.1, 0.15) is 22.8 Å². The van der Waals surface area contributed by atoms with Gasteiger partial charge < -0.3 is 20.8 Å². The Morgan fingerprint density at radius 2 is 1.94 bits per heavy atom. The number of aliphatic hydroxyl groups is 1. The second-order valence-electron chi connectivity index (χ2n) is 7.77. The fraction of sp³-hybridized carbons (Fsp3) is 0.381. The molecule has 2 aromatic rings. The molecule has 2 amide bonds. The van der Waals surface area contributed by atoms with Crippen molar-refractivity contribution in [2.45, 2.75) is 43.8 Å². The molecule has 0 saturated heterocycles. The maximum absolute atomic E-state index is 14.3. The molecule has 1 aromatic heterocycles. The SMILES string of the molecule is C[C@H](CO)c1cc(F)c(CC(=O)Nc2ccnc(C(=O)NC3(C(F)(F)F)CC3)c2)cc1O. The molecule has 7 nitrogen and oxygen atoms in total. The highest BCUT2D eigenvalue weighted by atomic mass is 19.4. The Labute approximate surface area is 180 Å². The number of amides is 2. The Hall–Kier alpha value is -3.21. The van der Waals surface area contributed by atoms with Crippen LogP contribution in [0, 0.1) is 5.82 Å². The highest BCUT2D eigenvalue weighted by Crippen LogP contribution is 2.49. The number of carbonyl (C=O) groups excluding carboxylic acids is 2. The molecule has 0 spiro atoms. The van der Waals surface area contributed by atoms with Crippen LogP contribution in [0.25, 0.3) is 0 Å². The average Bonchev–Trinajstić information content (AvgIpc) is 3.51. The van der Waals surface area contributed by atoms with Gasteiger partial charge in [-0.3, -0.25) is 14.6 Å². The normalized spacial score (nSPS) is 15.7. The summed E-state index contributed by atoms with van der Waals surface area (Å²) in [7, 11) is 0. The molecule has 172 valence electrons. The number of hydrogen-bond donors (Lipinski definition) is 4. The van der Waals surface area contributed by atoms with E-state index in [4.69, 9.17) is 5.11 Å². The third kappa shape index (κ3) is 4.98. The van der Waals surface area contributed by atoms with Crippen molar-refractivity contribution in [1.82, 2.24) is 10.3 Å². The van der Waals surface area contributed by atoms with Crippen LogP contribution in [0.3, 0.4) is 0 Å². The lowest BCUT2D eigenvalue weighted by molar-refractivity contribution is -0.163. The molecule has 1 aliphatic carbocycles. The predicted octanol–water partition coefficient (Wildman–Crippen LogP) is 3.03. The standard InChI is InChI=1S/C21H21F4N3O4/c1-11(10-29)14-9-15(22)12(6-17(14)30)7-18(31)27-13-2-5-26-16(8-13)19(32)28-20(3-4-20)21(23,24)25/h2,5-6,8-9,11,29-30H,3-4,7,10H2,1H3,(H,28,32)(H,26,27,31)/t11-/m1/s1. The molecular weight excluding hydrogens is 434 g/mol. The lowest BCUT2D eigenvalue weighted by atomic mass is 9.98. The first-order valence-electron chi connectivity index (χ1n) is 9.73. The smallest absolute Gasteiger partial charge is 0.411 e. The van der Waals surface area contributed by atoms with Crippen molar-refractivity contribution < 1.29 is 37.4 Å². The molecule has 1 aliphatic rings. The summed E-state index contributed by atoms with van der Waals surface area (Å²) in [5, 5.41) is 23.6. The van der Waals surface area contributed by atoms with Crippen LogP contribution >= 0.6 is 0 Å². The van der Waals surface area contributed by atoms with Crippen molar-refractivity contribution >= 4 is 17.5 Å². The minimum atomic E-state index is -4.57. The first kappa shape index (κ1) is 23.5. The number of anilines is 1. The number of carbonyl (C=O) groups is 2. The molecule has 4 N–H and O–H groups in total. The Bertz CT molecular complexity index is 1040. The van der Waals surface area contributed by atoms with Crippen molar-refractivity contribution in [3.05, 3.63) is 53.1 Å². The second-order valence-corrected chi connectivity index (χ2v) is 7.77. The fourth-order valence-corrected chi connectivity index (χ4v) is 3.15. The first-order chi connectivity index (χ1) is 15.0. The lowest BCUT2D eigenvalue weighted by Gasteiger charge is -2.20. The molecule has 1 aromatic carbocycles. The van der Waals surface area contributed by atoms with Crippen LogP contribution in [0.1, 0.15) is 47.3 Å². The number of halogens is 4. The summed E-state index contributed by atoms with van der Waals surface area (Å²) in [5.41, 5.74) is -2.37. The van der Waals surface area contributed by atoms with Crippen molar-refractivity contribution in [2.24, 2.45) is 0 Å². The molecule has 3 rings (SSSR count). The second kappa shape index (κ2) is 8.73. The summed E-state index contributed by atoms with van der Waals surface area (Å²) in [4.78, 5) is 28.2. The number of aromatic hydroxyl groups is 1. The van der Waals surface area contributed by atoms with Crippen LogP contribution in [0.4, 0.5) is 23.2 Å². The van der Waals surface area contributed by atoms with Gasteiger partial charge in [-0.15, -0.1) is 0 Å². The zero-order valence-corrected chi connectivity index (χ0v) is 17.0. The van der Waals surface area contributed by atoms with Crippen molar-refractivity contribution in [1.29, 1.82) is 0 Å². The lowest BCUT2D eigenvalue weighted by Crippen LogP contribution is -2.48. The van der Waals surface area contributed by atoms with Gasteiger partial charge in [-0.2, -0.15) is 13.2 Å². The average molecular weight is 455 g/mol. The molecule has 0 aliphatic heterocycles. The van der Waals surface area contributed by atoms with Gasteiger partial charge in [-0.05, 0) is 37.1 Å². The zero-order valence-electron chi connectivity index (χ0n) is 17.0. The van der Waals surface area contributed by atoms with Gasteiger partial charge in [0.05, 0.1) is 6.42 Å². The topological polar surface area (TPSA) is 112 Å². The van der Waals surface area contributed by atoms with Crippen molar-refractivity contribution in [3.8, 4) is 5.75 Å². The minimum Gasteiger partial charge on any atom is -0.508 e. The van der Waals surface area contributed by atoms with Gasteiger partial charge in [0, 0.05) is 35.5 Å². The third-order valence-electron chi connectivity index (χ3n) is 5.27. The van der Waals surface area contributed by atoms with E-state index in [1.165, 1.54) is 6.07 Å². The molecule has 32 heavy (non-hydrogen) atoms. The molecule has 11 heteroatoms. The van der Waals surface area contributed by atoms with Gasteiger partial charge >= 0.3 is 6.18 Å². The van der Waals surface area contributed by atoms with Crippen LogP contribution in [0.5, 0.6) is 5.75 Å². The van der Waals surface area contributed by atoms with Crippen molar-refractivity contribution in [2.75, 3.05) is 11.9 Å². The Kier molecular flexibility index (Phi) is 6.40. The summed E-state index contributed by atoms with van der Waals surface area (Å²) in [6.45, 7) is 1.30. The van der Waals surface area contributed by atoms with Gasteiger partial charge in [0.2, 0.25) is 5.91 Å². The Balaban J connectivity index is 1.68. The summed E-state index contributed by atoms with van der Waals surface area (Å²) in [6, 6.07) is 4.57. The number of nitrogens with one attached hydrogen (secondary N) is 2.